The summed E-state index contributed by atoms with van der Waals surface area (Å²) in [5, 5.41) is 26.3. The Morgan fingerprint density at radius 2 is 1.32 bits per heavy atom. The van der Waals surface area contributed by atoms with Gasteiger partial charge in [-0.2, -0.15) is 0 Å². The van der Waals surface area contributed by atoms with E-state index in [1.54, 1.807) is 121 Å². The smallest absolute Gasteiger partial charge is 0.410 e. The van der Waals surface area contributed by atoms with Gasteiger partial charge in [-0.15, -0.1) is 0 Å². The monoisotopic (exact) mass is 1260 g/mol. The van der Waals surface area contributed by atoms with Gasteiger partial charge in [0.05, 0.1) is 36.6 Å². The number of likely N-dealkylation sites (tertiary alicyclic amines) is 1. The second kappa shape index (κ2) is 35.8. The third kappa shape index (κ3) is 21.4. The molecule has 0 aliphatic carbocycles. The van der Waals surface area contributed by atoms with Crippen LogP contribution in [0.5, 0.6) is 0 Å². The Morgan fingerprint density at radius 3 is 1.88 bits per heavy atom. The molecule has 0 bridgehead atoms. The molecule has 90 heavy (non-hydrogen) atoms. The van der Waals surface area contributed by atoms with Gasteiger partial charge in [-0.05, 0) is 96.9 Å². The van der Waals surface area contributed by atoms with Gasteiger partial charge in [0, 0.05) is 64.8 Å². The number of hydrogen-bond donors (Lipinski definition) is 9. The van der Waals surface area contributed by atoms with Crippen LogP contribution in [0.25, 0.3) is 0 Å². The summed E-state index contributed by atoms with van der Waals surface area (Å²) in [6, 6.07) is 14.1. The lowest BCUT2D eigenvalue weighted by Crippen LogP contribution is -2.60. The number of rotatable bonds is 34. The summed E-state index contributed by atoms with van der Waals surface area (Å²) in [6.45, 7) is 16.4. The molecule has 496 valence electrons. The molecule has 3 aromatic rings. The van der Waals surface area contributed by atoms with Crippen molar-refractivity contribution >= 4 is 70.8 Å². The van der Waals surface area contributed by atoms with Gasteiger partial charge in [-0.25, -0.2) is 14.4 Å². The maximum atomic E-state index is 14.8. The fraction of sp³-hybridized carbons (Fsp3) is 0.569. The van der Waals surface area contributed by atoms with Crippen LogP contribution in [0.1, 0.15) is 122 Å². The number of carbonyl (C=O) groups is 10. The van der Waals surface area contributed by atoms with Crippen LogP contribution < -0.4 is 43.4 Å². The first-order valence-electron chi connectivity index (χ1n) is 30.8. The van der Waals surface area contributed by atoms with E-state index in [1.807, 2.05) is 19.9 Å². The lowest BCUT2D eigenvalue weighted by molar-refractivity contribution is -0.148. The zero-order valence-electron chi connectivity index (χ0n) is 54.4. The highest BCUT2D eigenvalue weighted by molar-refractivity contribution is 6.01. The molecule has 4 rings (SSSR count). The normalized spacial score (nSPS) is 16.4. The maximum Gasteiger partial charge on any atom is 0.410 e. The van der Waals surface area contributed by atoms with Gasteiger partial charge < -0.3 is 72.5 Å². The second-order valence-electron chi connectivity index (χ2n) is 24.3. The van der Waals surface area contributed by atoms with E-state index in [9.17, 15) is 53.1 Å². The Bertz CT molecular complexity index is 2880. The van der Waals surface area contributed by atoms with E-state index in [1.165, 1.54) is 43.2 Å². The third-order valence-electron chi connectivity index (χ3n) is 16.6. The minimum Gasteiger partial charge on any atom is -0.480 e. The number of benzene rings is 3. The molecule has 25 nitrogen and oxygen atoms in total. The van der Waals surface area contributed by atoms with Crippen molar-refractivity contribution in [2.75, 3.05) is 52.5 Å². The van der Waals surface area contributed by atoms with Gasteiger partial charge in [0.1, 0.15) is 36.8 Å². The summed E-state index contributed by atoms with van der Waals surface area (Å²) in [6.07, 6.45) is -0.344. The van der Waals surface area contributed by atoms with Crippen LogP contribution in [-0.2, 0) is 60.8 Å². The molecule has 0 spiro atoms. The summed E-state index contributed by atoms with van der Waals surface area (Å²) < 4.78 is 17.7. The van der Waals surface area contributed by atoms with Crippen molar-refractivity contribution in [2.45, 2.75) is 168 Å². The first kappa shape index (κ1) is 74.1. The predicted octanol–water partition coefficient (Wildman–Crippen LogP) is 5.06. The van der Waals surface area contributed by atoms with Crippen molar-refractivity contribution in [2.24, 2.45) is 35.3 Å². The van der Waals surface area contributed by atoms with Crippen molar-refractivity contribution in [1.29, 1.82) is 0 Å². The summed E-state index contributed by atoms with van der Waals surface area (Å²) in [5.74, 6) is -7.02. The standard InChI is InChI=1S/C65H97N11O14/c1-14-40(8)55(50(88-12)35-51(77)76-33-19-23-49(76)56(89-13)41(9)57(78)71-48(63(84)85)34-42-20-16-15-17-21-42)74(10)62(83)53(38(4)5)73-61(82)54(39(6)7)75(11)65(87)90-36-43-24-30-46(31-25-43)69-59(80)47(22-18-32-68-64(67)86)70-60(81)52(37(2)3)72-58(79)44-26-28-45(66)29-27-44/h15-17,20-21,24-31,37-41,47-50,52-56H,14,18-19,22-23,32-36,66H2,1-13H3,(H,69,80)(H,70,81)(H,71,78)(H,72,79)(H,73,82)(H,84,85)(H3,67,68,86)/t40?,41-,47+,48+,49+,50-,52?,53+,54+,55+,56-/m1/s1. The van der Waals surface area contributed by atoms with Crippen LogP contribution >= 0.6 is 0 Å². The summed E-state index contributed by atoms with van der Waals surface area (Å²) >= 11 is 0. The number of anilines is 2. The lowest BCUT2D eigenvalue weighted by Gasteiger charge is -2.41. The van der Waals surface area contributed by atoms with Crippen molar-refractivity contribution < 1.29 is 67.3 Å². The predicted molar refractivity (Wildman–Crippen MR) is 340 cm³/mol. The molecule has 11 atom stereocenters. The molecule has 0 aromatic heterocycles. The Labute approximate surface area is 529 Å². The molecule has 1 aliphatic rings. The van der Waals surface area contributed by atoms with E-state index in [2.05, 4.69) is 31.9 Å². The number of methoxy groups -OCH3 is 2. The van der Waals surface area contributed by atoms with Crippen molar-refractivity contribution in [3.8, 4) is 0 Å². The number of aliphatic carboxylic acids is 1. The van der Waals surface area contributed by atoms with E-state index in [0.717, 1.165) is 5.56 Å². The van der Waals surface area contributed by atoms with Crippen molar-refractivity contribution in [1.82, 2.24) is 41.3 Å². The molecule has 3 aromatic carbocycles. The van der Waals surface area contributed by atoms with Gasteiger partial charge in [0.15, 0.2) is 0 Å². The molecular weight excluding hydrogens is 1160 g/mol. The van der Waals surface area contributed by atoms with Crippen LogP contribution in [0.15, 0.2) is 78.9 Å². The van der Waals surface area contributed by atoms with Gasteiger partial charge in [-0.3, -0.25) is 38.5 Å². The first-order chi connectivity index (χ1) is 42.5. The molecule has 1 saturated heterocycles. The molecule has 11 N–H and O–H groups in total. The highest BCUT2D eigenvalue weighted by atomic mass is 16.6. The minimum absolute atomic E-state index is 0.0791. The molecule has 1 aliphatic heterocycles. The Morgan fingerprint density at radius 1 is 0.700 bits per heavy atom. The van der Waals surface area contributed by atoms with Gasteiger partial charge >= 0.3 is 18.1 Å². The summed E-state index contributed by atoms with van der Waals surface area (Å²) in [5.41, 5.74) is 13.4. The largest absolute Gasteiger partial charge is 0.480 e. The van der Waals surface area contributed by atoms with E-state index in [0.29, 0.717) is 42.7 Å². The molecule has 2 unspecified atom stereocenters. The Balaban J connectivity index is 1.41. The number of likely N-dealkylation sites (N-methyl/N-ethyl adjacent to an activating group) is 2. The van der Waals surface area contributed by atoms with Gasteiger partial charge in [0.2, 0.25) is 35.4 Å². The quantitative estimate of drug-likeness (QED) is 0.0279. The number of nitrogens with one attached hydrogen (secondary N) is 6. The van der Waals surface area contributed by atoms with Crippen molar-refractivity contribution in [3.05, 3.63) is 95.6 Å². The summed E-state index contributed by atoms with van der Waals surface area (Å²) in [7, 11) is 5.98. The average molecular weight is 1260 g/mol. The molecule has 0 saturated carbocycles. The number of hydrogen-bond acceptors (Lipinski definition) is 14. The van der Waals surface area contributed by atoms with Crippen molar-refractivity contribution in [3.63, 3.8) is 0 Å². The highest BCUT2D eigenvalue weighted by Gasteiger charge is 2.44. The number of nitrogens with zero attached hydrogens (tertiary/aromatic N) is 3. The fourth-order valence-electron chi connectivity index (χ4n) is 11.3. The Hall–Kier alpha value is -8.32. The number of nitrogen functional groups attached to an aromatic ring is 1. The average Bonchev–Trinajstić information content (AvgIpc) is 1.77. The number of carboxylic acids is 1. The number of primary amides is 1. The second-order valence-corrected chi connectivity index (χ2v) is 24.3. The molecule has 25 heteroatoms. The SMILES string of the molecule is CCC(C)[C@@H]([C@@H](CC(=O)N1CCC[C@H]1[C@H](OC)[C@@H](C)C(=O)N[C@@H](Cc1ccccc1)C(=O)O)OC)N(C)C(=O)[C@@H](NC(=O)[C@H](C(C)C)N(C)C(=O)OCc1ccc(NC(=O)[C@H](CCCNC(N)=O)NC(=O)C(NC(=O)c2ccc(N)cc2)C(C)C)cc1)C(C)C. The zero-order chi connectivity index (χ0) is 67.1. The number of ether oxygens (including phenoxy) is 3. The van der Waals surface area contributed by atoms with Crippen LogP contribution in [0, 0.1) is 29.6 Å². The van der Waals surface area contributed by atoms with E-state index in [4.69, 9.17) is 25.7 Å². The highest BCUT2D eigenvalue weighted by Crippen LogP contribution is 2.30. The third-order valence-corrected chi connectivity index (χ3v) is 16.6. The van der Waals surface area contributed by atoms with Gasteiger partial charge in [-0.1, -0.05) is 111 Å². The van der Waals surface area contributed by atoms with E-state index >= 15 is 0 Å². The molecule has 1 fully saturated rings. The maximum absolute atomic E-state index is 14.8. The molecular formula is C65H97N11O14. The van der Waals surface area contributed by atoms with E-state index < -0.39 is 126 Å². The number of carboxylic acid groups (broad SMARTS) is 1. The van der Waals surface area contributed by atoms with E-state index in [-0.39, 0.29) is 62.1 Å². The van der Waals surface area contributed by atoms with Gasteiger partial charge in [0.25, 0.3) is 5.91 Å². The molecule has 10 amide bonds. The topological polar surface area (TPSA) is 353 Å². The van der Waals surface area contributed by atoms with Crippen LogP contribution in [0.3, 0.4) is 0 Å². The minimum atomic E-state index is -1.19. The lowest BCUT2D eigenvalue weighted by atomic mass is 9.89. The fourth-order valence-corrected chi connectivity index (χ4v) is 11.3. The molecule has 0 radical (unpaired) electrons. The first-order valence-corrected chi connectivity index (χ1v) is 30.8. The van der Waals surface area contributed by atoms with Crippen LogP contribution in [-0.4, -0.2) is 175 Å². The van der Waals surface area contributed by atoms with Crippen LogP contribution in [0.4, 0.5) is 21.0 Å². The van der Waals surface area contributed by atoms with Crippen LogP contribution in [0.2, 0.25) is 0 Å². The number of urea groups is 1. The number of carbonyl (C=O) groups excluding carboxylic acids is 9. The number of amides is 10. The molecule has 1 heterocycles. The Kier molecular flexibility index (Phi) is 29.5. The number of nitrogens with two attached hydrogens (primary N) is 2. The zero-order valence-corrected chi connectivity index (χ0v) is 54.4. The summed E-state index contributed by atoms with van der Waals surface area (Å²) in [4.78, 5) is 140.